The highest BCUT2D eigenvalue weighted by atomic mass is 32.1. The largest absolute Gasteiger partial charge is 0.351 e. The van der Waals surface area contributed by atoms with Crippen molar-refractivity contribution in [2.45, 2.75) is 58.3 Å². The van der Waals surface area contributed by atoms with Crippen LogP contribution in [0.5, 0.6) is 0 Å². The molecule has 1 atom stereocenters. The van der Waals surface area contributed by atoms with E-state index in [0.29, 0.717) is 5.92 Å². The first-order valence-corrected chi connectivity index (χ1v) is 10.5. The van der Waals surface area contributed by atoms with Crippen molar-refractivity contribution in [1.29, 1.82) is 0 Å². The average Bonchev–Trinajstić information content (AvgIpc) is 3.08. The fourth-order valence-corrected chi connectivity index (χ4v) is 4.85. The summed E-state index contributed by atoms with van der Waals surface area (Å²) in [5.41, 5.74) is 11.6. The third-order valence-corrected chi connectivity index (χ3v) is 6.50. The highest BCUT2D eigenvalue weighted by Crippen LogP contribution is 2.41. The number of aromatic nitrogens is 1. The first-order chi connectivity index (χ1) is 12.2. The lowest BCUT2D eigenvalue weighted by Crippen LogP contribution is -2.18. The van der Waals surface area contributed by atoms with Gasteiger partial charge in [0.15, 0.2) is 5.13 Å². The third kappa shape index (κ3) is 3.90. The minimum atomic E-state index is 0.494. The Morgan fingerprint density at radius 3 is 2.80 bits per heavy atom. The zero-order valence-corrected chi connectivity index (χ0v) is 16.7. The van der Waals surface area contributed by atoms with E-state index in [2.05, 4.69) is 44.0 Å². The van der Waals surface area contributed by atoms with Gasteiger partial charge >= 0.3 is 0 Å². The van der Waals surface area contributed by atoms with Crippen molar-refractivity contribution >= 4 is 16.5 Å². The molecule has 3 nitrogen and oxygen atoms in total. The van der Waals surface area contributed by atoms with E-state index in [9.17, 15) is 0 Å². The van der Waals surface area contributed by atoms with Crippen LogP contribution in [0.1, 0.15) is 62.3 Å². The molecule has 0 radical (unpaired) electrons. The molecule has 1 aliphatic rings. The smallest absolute Gasteiger partial charge is 0.185 e. The molecule has 1 heterocycles. The molecule has 3 rings (SSSR count). The number of unbranched alkanes of at least 4 members (excludes halogenated alkanes) is 1. The zero-order valence-electron chi connectivity index (χ0n) is 15.8. The minimum Gasteiger partial charge on any atom is -0.351 e. The summed E-state index contributed by atoms with van der Waals surface area (Å²) in [7, 11) is 2.17. The maximum Gasteiger partial charge on any atom is 0.185 e. The lowest BCUT2D eigenvalue weighted by Gasteiger charge is -2.20. The highest BCUT2D eigenvalue weighted by Gasteiger charge is 2.23. The fraction of sp³-hybridized carbons (Fsp3) is 0.571. The van der Waals surface area contributed by atoms with Gasteiger partial charge in [-0.05, 0) is 54.8 Å². The summed E-state index contributed by atoms with van der Waals surface area (Å²) in [6.45, 7) is 6.30. The van der Waals surface area contributed by atoms with Crippen molar-refractivity contribution < 1.29 is 0 Å². The van der Waals surface area contributed by atoms with Gasteiger partial charge in [-0.2, -0.15) is 0 Å². The summed E-state index contributed by atoms with van der Waals surface area (Å²) in [5.74, 6) is 0.494. The van der Waals surface area contributed by atoms with Crippen LogP contribution in [0.2, 0.25) is 0 Å². The molecule has 1 aromatic heterocycles. The molecular formula is C21H31N3S. The van der Waals surface area contributed by atoms with Crippen molar-refractivity contribution in [2.75, 3.05) is 25.0 Å². The molecule has 2 aromatic rings. The Morgan fingerprint density at radius 1 is 1.24 bits per heavy atom. The topological polar surface area (TPSA) is 42.2 Å². The number of hydrogen-bond donors (Lipinski definition) is 1. The van der Waals surface area contributed by atoms with Crippen LogP contribution >= 0.6 is 11.3 Å². The van der Waals surface area contributed by atoms with Gasteiger partial charge in [-0.1, -0.05) is 56.2 Å². The standard InChI is InChI=1S/C21H31N3S/c1-4-6-12-24(3)21-23-19-11-9-16-13-15(17(14-22)7-5-2)8-10-18(16)20(19)25-21/h8,10,13,17H,4-7,9,11-12,14,22H2,1-3H3. The Morgan fingerprint density at radius 2 is 2.08 bits per heavy atom. The molecule has 0 saturated carbocycles. The van der Waals surface area contributed by atoms with E-state index < -0.39 is 0 Å². The number of fused-ring (bicyclic) bond motifs is 3. The molecular weight excluding hydrogens is 326 g/mol. The molecule has 0 amide bonds. The number of rotatable bonds is 8. The molecule has 0 fully saturated rings. The quantitative estimate of drug-likeness (QED) is 0.724. The Labute approximate surface area is 156 Å². The van der Waals surface area contributed by atoms with Crippen molar-refractivity contribution in [2.24, 2.45) is 5.73 Å². The molecule has 2 N–H and O–H groups in total. The lowest BCUT2D eigenvalue weighted by atomic mass is 9.87. The van der Waals surface area contributed by atoms with Crippen LogP contribution in [0.3, 0.4) is 0 Å². The molecule has 0 bridgehead atoms. The van der Waals surface area contributed by atoms with Gasteiger partial charge in [0.25, 0.3) is 0 Å². The zero-order chi connectivity index (χ0) is 17.8. The van der Waals surface area contributed by atoms with Gasteiger partial charge in [-0.3, -0.25) is 0 Å². The van der Waals surface area contributed by atoms with Crippen LogP contribution in [0.4, 0.5) is 5.13 Å². The molecule has 0 aliphatic heterocycles. The monoisotopic (exact) mass is 357 g/mol. The molecule has 25 heavy (non-hydrogen) atoms. The van der Waals surface area contributed by atoms with E-state index >= 15 is 0 Å². The predicted molar refractivity (Wildman–Crippen MR) is 110 cm³/mol. The predicted octanol–water partition coefficient (Wildman–Crippen LogP) is 4.99. The second-order valence-electron chi connectivity index (χ2n) is 7.19. The van der Waals surface area contributed by atoms with E-state index in [1.165, 1.54) is 58.1 Å². The summed E-state index contributed by atoms with van der Waals surface area (Å²) in [6.07, 6.45) is 6.96. The van der Waals surface area contributed by atoms with Crippen LogP contribution in [0.15, 0.2) is 18.2 Å². The molecule has 0 saturated heterocycles. The lowest BCUT2D eigenvalue weighted by molar-refractivity contribution is 0.621. The number of nitrogens with two attached hydrogens (primary N) is 1. The van der Waals surface area contributed by atoms with Crippen LogP contribution in [-0.2, 0) is 12.8 Å². The molecule has 1 aromatic carbocycles. The van der Waals surface area contributed by atoms with Crippen molar-refractivity contribution in [3.63, 3.8) is 0 Å². The van der Waals surface area contributed by atoms with Crippen LogP contribution in [-0.4, -0.2) is 25.1 Å². The Bertz CT molecular complexity index is 707. The Kier molecular flexibility index (Phi) is 6.13. The van der Waals surface area contributed by atoms with E-state index in [1.54, 1.807) is 0 Å². The first-order valence-electron chi connectivity index (χ1n) is 9.72. The van der Waals surface area contributed by atoms with Crippen LogP contribution < -0.4 is 10.6 Å². The number of aryl methyl sites for hydroxylation is 2. The second-order valence-corrected chi connectivity index (χ2v) is 8.16. The van der Waals surface area contributed by atoms with Crippen molar-refractivity contribution in [3.8, 4) is 10.4 Å². The maximum absolute atomic E-state index is 6.01. The minimum absolute atomic E-state index is 0.494. The molecule has 1 aliphatic carbocycles. The number of anilines is 1. The fourth-order valence-electron chi connectivity index (χ4n) is 3.69. The van der Waals surface area contributed by atoms with Gasteiger partial charge in [0.05, 0.1) is 10.6 Å². The number of nitrogens with zero attached hydrogens (tertiary/aromatic N) is 2. The van der Waals surface area contributed by atoms with Crippen LogP contribution in [0.25, 0.3) is 10.4 Å². The molecule has 4 heteroatoms. The van der Waals surface area contributed by atoms with Gasteiger partial charge < -0.3 is 10.6 Å². The van der Waals surface area contributed by atoms with Gasteiger partial charge in [-0.25, -0.2) is 4.98 Å². The summed E-state index contributed by atoms with van der Waals surface area (Å²) in [6, 6.07) is 7.02. The average molecular weight is 358 g/mol. The number of hydrogen-bond acceptors (Lipinski definition) is 4. The highest BCUT2D eigenvalue weighted by molar-refractivity contribution is 7.19. The van der Waals surface area contributed by atoms with Gasteiger partial charge in [0.1, 0.15) is 0 Å². The molecule has 136 valence electrons. The van der Waals surface area contributed by atoms with E-state index in [1.807, 2.05) is 11.3 Å². The van der Waals surface area contributed by atoms with Crippen LogP contribution in [0, 0.1) is 0 Å². The molecule has 0 spiro atoms. The number of benzene rings is 1. The van der Waals surface area contributed by atoms with Crippen molar-refractivity contribution in [3.05, 3.63) is 35.0 Å². The second kappa shape index (κ2) is 8.33. The summed E-state index contributed by atoms with van der Waals surface area (Å²) in [4.78, 5) is 8.62. The van der Waals surface area contributed by atoms with Gasteiger partial charge in [-0.15, -0.1) is 0 Å². The normalized spacial score (nSPS) is 14.1. The summed E-state index contributed by atoms with van der Waals surface area (Å²) < 4.78 is 0. The van der Waals surface area contributed by atoms with Gasteiger partial charge in [0, 0.05) is 13.6 Å². The SMILES string of the molecule is CCCCN(C)c1nc2c(s1)-c1ccc(C(CN)CCC)cc1CC2. The first kappa shape index (κ1) is 18.4. The molecule has 1 unspecified atom stereocenters. The maximum atomic E-state index is 6.01. The third-order valence-electron chi connectivity index (χ3n) is 5.26. The van der Waals surface area contributed by atoms with Gasteiger partial charge in [0.2, 0.25) is 0 Å². The van der Waals surface area contributed by atoms with E-state index in [0.717, 1.165) is 25.9 Å². The van der Waals surface area contributed by atoms with E-state index in [4.69, 9.17) is 10.7 Å². The number of thiazole rings is 1. The van der Waals surface area contributed by atoms with Crippen molar-refractivity contribution in [1.82, 2.24) is 4.98 Å². The Balaban J connectivity index is 1.87. The van der Waals surface area contributed by atoms with E-state index in [-0.39, 0.29) is 0 Å². The summed E-state index contributed by atoms with van der Waals surface area (Å²) >= 11 is 1.86. The Hall–Kier alpha value is -1.39. The summed E-state index contributed by atoms with van der Waals surface area (Å²) in [5, 5.41) is 1.17.